The number of nitrogens with two attached hydrogens (primary N) is 1. The molecule has 1 aliphatic heterocycles. The van der Waals surface area contributed by atoms with Crippen molar-refractivity contribution in [2.45, 2.75) is 19.4 Å². The molecule has 0 bridgehead atoms. The van der Waals surface area contributed by atoms with E-state index in [1.54, 1.807) is 6.33 Å². The Labute approximate surface area is 106 Å². The highest BCUT2D eigenvalue weighted by Gasteiger charge is 2.23. The maximum absolute atomic E-state index is 5.61. The van der Waals surface area contributed by atoms with E-state index in [1.165, 1.54) is 0 Å². The number of anilines is 1. The summed E-state index contributed by atoms with van der Waals surface area (Å²) in [4.78, 5) is 11.0. The van der Waals surface area contributed by atoms with Crippen LogP contribution >= 0.6 is 12.2 Å². The lowest BCUT2D eigenvalue weighted by Crippen LogP contribution is -2.48. The Bertz CT molecular complexity index is 412. The Kier molecular flexibility index (Phi) is 3.86. The molecule has 1 saturated heterocycles. The maximum Gasteiger partial charge on any atom is 0.132 e. The second kappa shape index (κ2) is 5.37. The number of aryl methyl sites for hydroxylation is 1. The molecular weight excluding hydrogens is 236 g/mol. The number of morpholine rings is 1. The first kappa shape index (κ1) is 12.2. The fraction of sp³-hybridized carbons (Fsp3) is 0.545. The van der Waals surface area contributed by atoms with Gasteiger partial charge in [0.1, 0.15) is 23.2 Å². The monoisotopic (exact) mass is 252 g/mol. The van der Waals surface area contributed by atoms with E-state index in [9.17, 15) is 0 Å². The maximum atomic E-state index is 5.61. The zero-order valence-electron chi connectivity index (χ0n) is 9.80. The van der Waals surface area contributed by atoms with E-state index in [2.05, 4.69) is 21.8 Å². The van der Waals surface area contributed by atoms with Gasteiger partial charge in [-0.25, -0.2) is 9.97 Å². The van der Waals surface area contributed by atoms with Crippen molar-refractivity contribution in [3.05, 3.63) is 18.1 Å². The van der Waals surface area contributed by atoms with Crippen LogP contribution in [0.3, 0.4) is 0 Å². The summed E-state index contributed by atoms with van der Waals surface area (Å²) in [6, 6.07) is 2.00. The normalized spacial score (nSPS) is 20.3. The van der Waals surface area contributed by atoms with Gasteiger partial charge >= 0.3 is 0 Å². The van der Waals surface area contributed by atoms with Gasteiger partial charge in [-0.15, -0.1) is 0 Å². The molecule has 1 aliphatic rings. The van der Waals surface area contributed by atoms with Gasteiger partial charge in [0.25, 0.3) is 0 Å². The molecule has 0 spiro atoms. The van der Waals surface area contributed by atoms with Gasteiger partial charge < -0.3 is 15.4 Å². The van der Waals surface area contributed by atoms with Crippen molar-refractivity contribution < 1.29 is 4.74 Å². The molecule has 1 aromatic heterocycles. The van der Waals surface area contributed by atoms with Crippen molar-refractivity contribution in [2.24, 2.45) is 5.73 Å². The molecule has 2 N–H and O–H groups in total. The van der Waals surface area contributed by atoms with Crippen LogP contribution in [0.2, 0.25) is 0 Å². The largest absolute Gasteiger partial charge is 0.391 e. The van der Waals surface area contributed by atoms with Crippen molar-refractivity contribution in [2.75, 3.05) is 24.6 Å². The number of hydrogen-bond donors (Lipinski definition) is 1. The highest BCUT2D eigenvalue weighted by molar-refractivity contribution is 7.80. The van der Waals surface area contributed by atoms with Crippen LogP contribution in [0, 0.1) is 0 Å². The minimum Gasteiger partial charge on any atom is -0.391 e. The molecule has 2 heterocycles. The summed E-state index contributed by atoms with van der Waals surface area (Å²) in [6.07, 6.45) is 2.32. The van der Waals surface area contributed by atoms with Crippen LogP contribution in [0.4, 0.5) is 5.82 Å². The van der Waals surface area contributed by atoms with E-state index < -0.39 is 0 Å². The number of nitrogens with zero attached hydrogens (tertiary/aromatic N) is 3. The molecule has 5 nitrogen and oxygen atoms in total. The van der Waals surface area contributed by atoms with Crippen LogP contribution in [0.5, 0.6) is 0 Å². The molecule has 92 valence electrons. The van der Waals surface area contributed by atoms with Gasteiger partial charge in [0.05, 0.1) is 13.2 Å². The van der Waals surface area contributed by atoms with E-state index >= 15 is 0 Å². The van der Waals surface area contributed by atoms with Crippen LogP contribution in [0.25, 0.3) is 0 Å². The lowest BCUT2D eigenvalue weighted by Gasteiger charge is -2.33. The third kappa shape index (κ3) is 2.89. The topological polar surface area (TPSA) is 64.3 Å². The first-order valence-electron chi connectivity index (χ1n) is 5.67. The van der Waals surface area contributed by atoms with Gasteiger partial charge in [0.15, 0.2) is 0 Å². The Hall–Kier alpha value is -1.27. The Morgan fingerprint density at radius 3 is 3.18 bits per heavy atom. The Morgan fingerprint density at radius 1 is 1.65 bits per heavy atom. The van der Waals surface area contributed by atoms with Gasteiger partial charge in [-0.2, -0.15) is 0 Å². The summed E-state index contributed by atoms with van der Waals surface area (Å²) in [6.45, 7) is 4.16. The summed E-state index contributed by atoms with van der Waals surface area (Å²) in [7, 11) is 0. The van der Waals surface area contributed by atoms with Crippen LogP contribution in [-0.2, 0) is 11.2 Å². The highest BCUT2D eigenvalue weighted by Crippen LogP contribution is 2.15. The van der Waals surface area contributed by atoms with Gasteiger partial charge in [-0.1, -0.05) is 19.1 Å². The molecule has 1 aromatic rings. The van der Waals surface area contributed by atoms with Crippen molar-refractivity contribution in [3.63, 3.8) is 0 Å². The molecule has 2 rings (SSSR count). The molecule has 1 unspecified atom stereocenters. The predicted molar refractivity (Wildman–Crippen MR) is 70.1 cm³/mol. The number of aromatic nitrogens is 2. The van der Waals surface area contributed by atoms with Crippen LogP contribution in [0.1, 0.15) is 12.6 Å². The van der Waals surface area contributed by atoms with Crippen LogP contribution in [-0.4, -0.2) is 40.8 Å². The molecule has 6 heteroatoms. The van der Waals surface area contributed by atoms with Gasteiger partial charge in [0, 0.05) is 18.3 Å². The van der Waals surface area contributed by atoms with Crippen molar-refractivity contribution >= 4 is 23.0 Å². The van der Waals surface area contributed by atoms with Gasteiger partial charge in [-0.3, -0.25) is 0 Å². The Morgan fingerprint density at radius 2 is 2.47 bits per heavy atom. The summed E-state index contributed by atoms with van der Waals surface area (Å²) >= 11 is 4.96. The summed E-state index contributed by atoms with van der Waals surface area (Å²) in [5.41, 5.74) is 6.65. The van der Waals surface area contributed by atoms with Crippen molar-refractivity contribution in [3.8, 4) is 0 Å². The molecule has 1 atom stereocenters. The van der Waals surface area contributed by atoms with Gasteiger partial charge in [-0.05, 0) is 6.42 Å². The molecular formula is C11H16N4OS. The molecule has 17 heavy (non-hydrogen) atoms. The van der Waals surface area contributed by atoms with Gasteiger partial charge in [0.2, 0.25) is 0 Å². The number of thiocarbonyl (C=S) groups is 1. The number of rotatable bonds is 3. The van der Waals surface area contributed by atoms with E-state index in [0.717, 1.165) is 24.5 Å². The number of hydrogen-bond acceptors (Lipinski definition) is 5. The van der Waals surface area contributed by atoms with E-state index in [1.807, 2.05) is 6.07 Å². The van der Waals surface area contributed by atoms with E-state index in [0.29, 0.717) is 18.1 Å². The second-order valence-electron chi connectivity index (χ2n) is 3.93. The minimum absolute atomic E-state index is 0.182. The quantitative estimate of drug-likeness (QED) is 0.792. The SMILES string of the molecule is CCc1cc(N2CCOC(C(N)=S)C2)ncn1. The standard InChI is InChI=1S/C11H16N4OS/c1-2-8-5-10(14-7-13-8)15-3-4-16-9(6-15)11(12)17/h5,7,9H,2-4,6H2,1H3,(H2,12,17). The van der Waals surface area contributed by atoms with Crippen molar-refractivity contribution in [1.29, 1.82) is 0 Å². The summed E-state index contributed by atoms with van der Waals surface area (Å²) < 4.78 is 5.50. The third-order valence-electron chi connectivity index (χ3n) is 2.78. The molecule has 0 amide bonds. The summed E-state index contributed by atoms with van der Waals surface area (Å²) in [5, 5.41) is 0. The zero-order valence-corrected chi connectivity index (χ0v) is 10.6. The van der Waals surface area contributed by atoms with Crippen LogP contribution in [0.15, 0.2) is 12.4 Å². The minimum atomic E-state index is -0.182. The van der Waals surface area contributed by atoms with Crippen LogP contribution < -0.4 is 10.6 Å². The fourth-order valence-corrected chi connectivity index (χ4v) is 1.92. The van der Waals surface area contributed by atoms with E-state index in [4.69, 9.17) is 22.7 Å². The predicted octanol–water partition coefficient (Wildman–Crippen LogP) is 0.530. The third-order valence-corrected chi connectivity index (χ3v) is 3.04. The average Bonchev–Trinajstić information content (AvgIpc) is 2.39. The first-order chi connectivity index (χ1) is 8.20. The second-order valence-corrected chi connectivity index (χ2v) is 4.40. The highest BCUT2D eigenvalue weighted by atomic mass is 32.1. The molecule has 0 aliphatic carbocycles. The zero-order chi connectivity index (χ0) is 12.3. The lowest BCUT2D eigenvalue weighted by atomic mass is 10.2. The smallest absolute Gasteiger partial charge is 0.132 e. The molecule has 0 aromatic carbocycles. The average molecular weight is 252 g/mol. The lowest BCUT2D eigenvalue weighted by molar-refractivity contribution is 0.0844. The molecule has 0 saturated carbocycles. The molecule has 1 fully saturated rings. The van der Waals surface area contributed by atoms with Crippen molar-refractivity contribution in [1.82, 2.24) is 9.97 Å². The summed E-state index contributed by atoms with van der Waals surface area (Å²) in [5.74, 6) is 0.918. The Balaban J connectivity index is 2.13. The first-order valence-corrected chi connectivity index (χ1v) is 6.08. The van der Waals surface area contributed by atoms with E-state index in [-0.39, 0.29) is 6.10 Å². The fourth-order valence-electron chi connectivity index (χ4n) is 1.78. The number of ether oxygens (including phenoxy) is 1. The molecule has 0 radical (unpaired) electrons.